The van der Waals surface area contributed by atoms with Crippen molar-refractivity contribution >= 4 is 24.3 Å². The maximum absolute atomic E-state index is 5.80. The fourth-order valence-corrected chi connectivity index (χ4v) is 3.99. The molecule has 0 aliphatic heterocycles. The molecule has 0 unspecified atom stereocenters. The van der Waals surface area contributed by atoms with Crippen LogP contribution in [0.3, 0.4) is 0 Å². The second kappa shape index (κ2) is 4.83. The van der Waals surface area contributed by atoms with Crippen LogP contribution in [0.1, 0.15) is 5.56 Å². The summed E-state index contributed by atoms with van der Waals surface area (Å²) in [5.74, 6) is 2.85. The van der Waals surface area contributed by atoms with Crippen LogP contribution in [0.25, 0.3) is 16.7 Å². The number of hydrogen-bond acceptors (Lipinski definition) is 3. The molecule has 0 atom stereocenters. The maximum atomic E-state index is 5.80. The van der Waals surface area contributed by atoms with Gasteiger partial charge in [0, 0.05) is 11.8 Å². The van der Waals surface area contributed by atoms with Crippen LogP contribution in [-0.4, -0.2) is 27.8 Å². The van der Waals surface area contributed by atoms with Crippen molar-refractivity contribution in [3.8, 4) is 18.0 Å². The SMILES string of the molecule is C#Cc1c(-n2ncc3cncnc32)cccc1[Si](C)(C)C. The molecule has 3 aromatic rings. The second-order valence-corrected chi connectivity index (χ2v) is 11.0. The minimum atomic E-state index is -1.53. The van der Waals surface area contributed by atoms with Crippen molar-refractivity contribution < 1.29 is 0 Å². The highest BCUT2D eigenvalue weighted by atomic mass is 28.3. The Bertz CT molecular complexity index is 853. The van der Waals surface area contributed by atoms with Gasteiger partial charge >= 0.3 is 0 Å². The zero-order valence-electron chi connectivity index (χ0n) is 12.3. The third kappa shape index (κ3) is 2.24. The Balaban J connectivity index is 2.31. The minimum Gasteiger partial charge on any atom is -0.244 e. The number of terminal acetylenes is 1. The molecule has 3 rings (SSSR count). The summed E-state index contributed by atoms with van der Waals surface area (Å²) in [7, 11) is -1.53. The lowest BCUT2D eigenvalue weighted by Gasteiger charge is -2.20. The third-order valence-corrected chi connectivity index (χ3v) is 5.49. The first-order chi connectivity index (χ1) is 10.0. The van der Waals surface area contributed by atoms with Crippen LogP contribution in [-0.2, 0) is 0 Å². The highest BCUT2D eigenvalue weighted by Gasteiger charge is 2.22. The molecule has 0 aliphatic rings. The summed E-state index contributed by atoms with van der Waals surface area (Å²) in [5.41, 5.74) is 2.60. The van der Waals surface area contributed by atoms with Crippen LogP contribution in [0.5, 0.6) is 0 Å². The van der Waals surface area contributed by atoms with Crippen molar-refractivity contribution in [2.24, 2.45) is 0 Å². The van der Waals surface area contributed by atoms with E-state index < -0.39 is 8.07 Å². The number of rotatable bonds is 2. The third-order valence-electron chi connectivity index (χ3n) is 3.45. The van der Waals surface area contributed by atoms with Gasteiger partial charge in [0.1, 0.15) is 6.33 Å². The van der Waals surface area contributed by atoms with Crippen molar-refractivity contribution in [2.75, 3.05) is 0 Å². The summed E-state index contributed by atoms with van der Waals surface area (Å²) in [5, 5.41) is 6.60. The molecule has 0 bridgehead atoms. The predicted molar refractivity (Wildman–Crippen MR) is 87.6 cm³/mol. The van der Waals surface area contributed by atoms with Gasteiger partial charge in [0.25, 0.3) is 0 Å². The fourth-order valence-electron chi connectivity index (χ4n) is 2.45. The van der Waals surface area contributed by atoms with E-state index in [1.54, 1.807) is 17.1 Å². The lowest BCUT2D eigenvalue weighted by atomic mass is 10.2. The molecule has 0 radical (unpaired) electrons. The molecular weight excluding hydrogens is 276 g/mol. The zero-order valence-corrected chi connectivity index (χ0v) is 13.3. The Morgan fingerprint density at radius 3 is 2.71 bits per heavy atom. The summed E-state index contributed by atoms with van der Waals surface area (Å²) in [6.07, 6.45) is 10.8. The second-order valence-electron chi connectivity index (χ2n) is 5.95. The van der Waals surface area contributed by atoms with E-state index in [1.807, 2.05) is 12.1 Å². The predicted octanol–water partition coefficient (Wildman–Crippen LogP) is 2.34. The first kappa shape index (κ1) is 13.5. The fraction of sp³-hybridized carbons (Fsp3) is 0.188. The van der Waals surface area contributed by atoms with Gasteiger partial charge in [-0.05, 0) is 11.3 Å². The Morgan fingerprint density at radius 2 is 2.00 bits per heavy atom. The number of hydrogen-bond donors (Lipinski definition) is 0. The van der Waals surface area contributed by atoms with E-state index in [1.165, 1.54) is 11.5 Å². The standard InChI is InChI=1S/C16H16N4Si/c1-5-13-14(7-6-8-15(13)21(2,3)4)20-16-12(10-19-20)9-17-11-18-16/h1,6-11H,2-4H3. The van der Waals surface area contributed by atoms with Crippen LogP contribution in [0.15, 0.2) is 36.9 Å². The molecule has 21 heavy (non-hydrogen) atoms. The van der Waals surface area contributed by atoms with Gasteiger partial charge in [-0.2, -0.15) is 5.10 Å². The molecule has 104 valence electrons. The van der Waals surface area contributed by atoms with Crippen LogP contribution in [0.2, 0.25) is 19.6 Å². The molecule has 2 aromatic heterocycles. The molecular formula is C16H16N4Si. The van der Waals surface area contributed by atoms with Gasteiger partial charge in [-0.3, -0.25) is 0 Å². The van der Waals surface area contributed by atoms with Gasteiger partial charge in [0.15, 0.2) is 5.65 Å². The molecule has 1 aromatic carbocycles. The van der Waals surface area contributed by atoms with Gasteiger partial charge in [-0.25, -0.2) is 14.6 Å². The largest absolute Gasteiger partial charge is 0.244 e. The molecule has 0 N–H and O–H groups in total. The Kier molecular flexibility index (Phi) is 3.11. The van der Waals surface area contributed by atoms with Crippen LogP contribution in [0, 0.1) is 12.3 Å². The van der Waals surface area contributed by atoms with Gasteiger partial charge in [0.05, 0.1) is 25.3 Å². The number of fused-ring (bicyclic) bond motifs is 1. The van der Waals surface area contributed by atoms with Crippen molar-refractivity contribution in [3.63, 3.8) is 0 Å². The molecule has 0 aliphatic carbocycles. The van der Waals surface area contributed by atoms with Gasteiger partial charge < -0.3 is 0 Å². The Labute approximate surface area is 124 Å². The summed E-state index contributed by atoms with van der Waals surface area (Å²) in [6.45, 7) is 6.86. The number of aromatic nitrogens is 4. The zero-order chi connectivity index (χ0) is 15.0. The first-order valence-corrected chi connectivity index (χ1v) is 10.3. The van der Waals surface area contributed by atoms with Crippen molar-refractivity contribution in [3.05, 3.63) is 42.5 Å². The normalized spacial score (nSPS) is 11.5. The highest BCUT2D eigenvalue weighted by molar-refractivity contribution is 6.89. The van der Waals surface area contributed by atoms with Crippen molar-refractivity contribution in [1.29, 1.82) is 0 Å². The number of nitrogens with zero attached hydrogens (tertiary/aromatic N) is 4. The minimum absolute atomic E-state index is 0.772. The molecule has 0 saturated heterocycles. The molecule has 4 nitrogen and oxygen atoms in total. The summed E-state index contributed by atoms with van der Waals surface area (Å²) in [4.78, 5) is 8.34. The van der Waals surface area contributed by atoms with E-state index in [4.69, 9.17) is 6.42 Å². The monoisotopic (exact) mass is 292 g/mol. The topological polar surface area (TPSA) is 43.6 Å². The van der Waals surface area contributed by atoms with Crippen molar-refractivity contribution in [1.82, 2.24) is 19.7 Å². The Hall–Kier alpha value is -2.45. The van der Waals surface area contributed by atoms with Crippen molar-refractivity contribution in [2.45, 2.75) is 19.6 Å². The van der Waals surface area contributed by atoms with Gasteiger partial charge in [-0.1, -0.05) is 37.7 Å². The van der Waals surface area contributed by atoms with E-state index in [9.17, 15) is 0 Å². The van der Waals surface area contributed by atoms with E-state index in [-0.39, 0.29) is 0 Å². The first-order valence-electron chi connectivity index (χ1n) is 6.76. The van der Waals surface area contributed by atoms with Gasteiger partial charge in [0.2, 0.25) is 0 Å². The van der Waals surface area contributed by atoms with E-state index in [0.29, 0.717) is 0 Å². The number of benzene rings is 1. The molecule has 0 fully saturated rings. The molecule has 0 saturated carbocycles. The average Bonchev–Trinajstić information content (AvgIpc) is 2.89. The van der Waals surface area contributed by atoms with Gasteiger partial charge in [-0.15, -0.1) is 6.42 Å². The quantitative estimate of drug-likeness (QED) is 0.538. The smallest absolute Gasteiger partial charge is 0.166 e. The molecule has 0 amide bonds. The summed E-state index contributed by atoms with van der Waals surface area (Å²) >= 11 is 0. The average molecular weight is 292 g/mol. The lowest BCUT2D eigenvalue weighted by molar-refractivity contribution is 0.893. The van der Waals surface area contributed by atoms with Crippen LogP contribution >= 0.6 is 0 Å². The van der Waals surface area contributed by atoms with E-state index in [2.05, 4.69) is 46.7 Å². The van der Waals surface area contributed by atoms with E-state index >= 15 is 0 Å². The summed E-state index contributed by atoms with van der Waals surface area (Å²) < 4.78 is 1.80. The molecule has 0 spiro atoms. The maximum Gasteiger partial charge on any atom is 0.166 e. The summed E-state index contributed by atoms with van der Waals surface area (Å²) in [6, 6.07) is 6.16. The lowest BCUT2D eigenvalue weighted by Crippen LogP contribution is -2.40. The molecule has 2 heterocycles. The molecule has 5 heteroatoms. The highest BCUT2D eigenvalue weighted by Crippen LogP contribution is 2.19. The van der Waals surface area contributed by atoms with Crippen LogP contribution < -0.4 is 5.19 Å². The van der Waals surface area contributed by atoms with E-state index in [0.717, 1.165) is 22.3 Å². The Morgan fingerprint density at radius 1 is 1.19 bits per heavy atom. The van der Waals surface area contributed by atoms with Crippen LogP contribution in [0.4, 0.5) is 0 Å².